The summed E-state index contributed by atoms with van der Waals surface area (Å²) in [7, 11) is 1.74. The topological polar surface area (TPSA) is 27.7 Å². The molecule has 23 heavy (non-hydrogen) atoms. The Balaban J connectivity index is 2.10. The van der Waals surface area contributed by atoms with Gasteiger partial charge in [0, 0.05) is 49.0 Å². The maximum Gasteiger partial charge on any atom is 0.144 e. The van der Waals surface area contributed by atoms with Crippen LogP contribution in [0.25, 0.3) is 0 Å². The monoisotopic (exact) mass is 319 g/mol. The third-order valence-corrected chi connectivity index (χ3v) is 4.29. The van der Waals surface area contributed by atoms with Gasteiger partial charge in [-0.15, -0.1) is 0 Å². The molecule has 4 heteroatoms. The number of ether oxygens (including phenoxy) is 1. The van der Waals surface area contributed by atoms with Gasteiger partial charge in [-0.05, 0) is 53.7 Å². The fourth-order valence-electron chi connectivity index (χ4n) is 3.02. The molecule has 0 unspecified atom stereocenters. The van der Waals surface area contributed by atoms with Gasteiger partial charge in [0.15, 0.2) is 0 Å². The van der Waals surface area contributed by atoms with Crippen LogP contribution < -0.4 is 15.0 Å². The second-order valence-corrected chi connectivity index (χ2v) is 8.40. The maximum atomic E-state index is 5.60. The van der Waals surface area contributed by atoms with E-state index in [2.05, 4.69) is 74.9 Å². The molecule has 0 saturated carbocycles. The van der Waals surface area contributed by atoms with E-state index >= 15 is 0 Å². The lowest BCUT2D eigenvalue weighted by Crippen LogP contribution is -2.53. The molecule has 1 aromatic rings. The van der Waals surface area contributed by atoms with Crippen LogP contribution in [0.2, 0.25) is 0 Å². The molecule has 4 nitrogen and oxygen atoms in total. The average Bonchev–Trinajstić information content (AvgIpc) is 2.45. The number of rotatable bonds is 3. The van der Waals surface area contributed by atoms with Crippen molar-refractivity contribution in [3.8, 4) is 5.75 Å². The number of piperazine rings is 1. The van der Waals surface area contributed by atoms with E-state index in [1.54, 1.807) is 7.11 Å². The summed E-state index contributed by atoms with van der Waals surface area (Å²) in [6.45, 7) is 17.7. The van der Waals surface area contributed by atoms with E-state index < -0.39 is 0 Å². The van der Waals surface area contributed by atoms with Gasteiger partial charge < -0.3 is 15.0 Å². The average molecular weight is 319 g/mol. The largest absolute Gasteiger partial charge is 0.495 e. The van der Waals surface area contributed by atoms with E-state index in [0.717, 1.165) is 37.6 Å². The summed E-state index contributed by atoms with van der Waals surface area (Å²) in [5.74, 6) is 0.913. The van der Waals surface area contributed by atoms with Crippen molar-refractivity contribution in [1.29, 1.82) is 0 Å². The summed E-state index contributed by atoms with van der Waals surface area (Å²) in [5.41, 5.74) is 2.57. The first kappa shape index (κ1) is 17.9. The predicted octanol–water partition coefficient (Wildman–Crippen LogP) is 3.83. The van der Waals surface area contributed by atoms with Gasteiger partial charge in [0.2, 0.25) is 0 Å². The van der Waals surface area contributed by atoms with Crippen molar-refractivity contribution in [3.63, 3.8) is 0 Å². The summed E-state index contributed by atoms with van der Waals surface area (Å²) in [6.07, 6.45) is 0. The Hall–Kier alpha value is -1.42. The SMILES string of the molecule is COc1cc(N2CCN(C(C)(C)C)CC2)ccc1NC(C)(C)C. The molecule has 0 radical (unpaired) electrons. The van der Waals surface area contributed by atoms with E-state index in [4.69, 9.17) is 4.74 Å². The van der Waals surface area contributed by atoms with Crippen molar-refractivity contribution >= 4 is 11.4 Å². The van der Waals surface area contributed by atoms with E-state index in [9.17, 15) is 0 Å². The molecule has 0 spiro atoms. The molecule has 1 saturated heterocycles. The second kappa shape index (κ2) is 6.60. The minimum atomic E-state index is 0.0210. The van der Waals surface area contributed by atoms with Crippen molar-refractivity contribution in [1.82, 2.24) is 4.90 Å². The zero-order chi connectivity index (χ0) is 17.3. The van der Waals surface area contributed by atoms with Gasteiger partial charge in [0.05, 0.1) is 12.8 Å². The number of nitrogens with one attached hydrogen (secondary N) is 1. The molecule has 0 amide bonds. The van der Waals surface area contributed by atoms with Gasteiger partial charge >= 0.3 is 0 Å². The van der Waals surface area contributed by atoms with Crippen molar-refractivity contribution in [2.24, 2.45) is 0 Å². The Morgan fingerprint density at radius 2 is 1.57 bits per heavy atom. The third kappa shape index (κ3) is 4.77. The highest BCUT2D eigenvalue weighted by Gasteiger charge is 2.26. The summed E-state index contributed by atoms with van der Waals surface area (Å²) < 4.78 is 5.60. The Morgan fingerprint density at radius 3 is 2.04 bits per heavy atom. The van der Waals surface area contributed by atoms with Crippen LogP contribution in [-0.4, -0.2) is 49.3 Å². The van der Waals surface area contributed by atoms with Crippen LogP contribution >= 0.6 is 0 Å². The fourth-order valence-corrected chi connectivity index (χ4v) is 3.02. The molecule has 130 valence electrons. The van der Waals surface area contributed by atoms with Gasteiger partial charge in [0.25, 0.3) is 0 Å². The summed E-state index contributed by atoms with van der Waals surface area (Å²) in [4.78, 5) is 5.00. The van der Waals surface area contributed by atoms with Crippen molar-refractivity contribution in [2.75, 3.05) is 43.5 Å². The van der Waals surface area contributed by atoms with Crippen molar-refractivity contribution in [3.05, 3.63) is 18.2 Å². The van der Waals surface area contributed by atoms with E-state index in [-0.39, 0.29) is 11.1 Å². The number of benzene rings is 1. The van der Waals surface area contributed by atoms with E-state index in [0.29, 0.717) is 0 Å². The molecule has 1 aliphatic heterocycles. The Labute approximate surface area is 141 Å². The molecular formula is C19H33N3O. The third-order valence-electron chi connectivity index (χ3n) is 4.29. The van der Waals surface area contributed by atoms with Crippen molar-refractivity contribution < 1.29 is 4.74 Å². The van der Waals surface area contributed by atoms with Crippen LogP contribution in [0.5, 0.6) is 5.75 Å². The summed E-state index contributed by atoms with van der Waals surface area (Å²) >= 11 is 0. The van der Waals surface area contributed by atoms with Crippen molar-refractivity contribution in [2.45, 2.75) is 52.6 Å². The van der Waals surface area contributed by atoms with Gasteiger partial charge in [-0.3, -0.25) is 4.90 Å². The number of hydrogen-bond acceptors (Lipinski definition) is 4. The molecule has 0 aromatic heterocycles. The molecule has 1 fully saturated rings. The molecule has 1 aliphatic rings. The second-order valence-electron chi connectivity index (χ2n) is 8.40. The lowest BCUT2D eigenvalue weighted by Gasteiger charge is -2.43. The van der Waals surface area contributed by atoms with Crippen LogP contribution in [0.4, 0.5) is 11.4 Å². The van der Waals surface area contributed by atoms with Crippen LogP contribution in [-0.2, 0) is 0 Å². The Morgan fingerprint density at radius 1 is 0.957 bits per heavy atom. The number of methoxy groups -OCH3 is 1. The zero-order valence-electron chi connectivity index (χ0n) is 15.9. The standard InChI is InChI=1S/C19H33N3O/c1-18(2,3)20-16-9-8-15(14-17(16)23-7)21-10-12-22(13-11-21)19(4,5)6/h8-9,14,20H,10-13H2,1-7H3. The van der Waals surface area contributed by atoms with Crippen LogP contribution in [0.15, 0.2) is 18.2 Å². The molecule has 1 aromatic carbocycles. The molecule has 0 bridgehead atoms. The fraction of sp³-hybridized carbons (Fsp3) is 0.684. The van der Waals surface area contributed by atoms with Crippen LogP contribution in [0.3, 0.4) is 0 Å². The lowest BCUT2D eigenvalue weighted by molar-refractivity contribution is 0.128. The van der Waals surface area contributed by atoms with E-state index in [1.165, 1.54) is 5.69 Å². The number of anilines is 2. The van der Waals surface area contributed by atoms with Gasteiger partial charge in [-0.25, -0.2) is 0 Å². The highest BCUT2D eigenvalue weighted by atomic mass is 16.5. The number of nitrogens with zero attached hydrogens (tertiary/aromatic N) is 2. The minimum Gasteiger partial charge on any atom is -0.495 e. The lowest BCUT2D eigenvalue weighted by atomic mass is 10.0. The number of hydrogen-bond donors (Lipinski definition) is 1. The summed E-state index contributed by atoms with van der Waals surface area (Å²) in [6, 6.07) is 6.49. The maximum absolute atomic E-state index is 5.60. The minimum absolute atomic E-state index is 0.0210. The van der Waals surface area contributed by atoms with Crippen LogP contribution in [0.1, 0.15) is 41.5 Å². The smallest absolute Gasteiger partial charge is 0.144 e. The van der Waals surface area contributed by atoms with Crippen LogP contribution in [0, 0.1) is 0 Å². The highest BCUT2D eigenvalue weighted by molar-refractivity contribution is 5.65. The molecular weight excluding hydrogens is 286 g/mol. The van der Waals surface area contributed by atoms with Gasteiger partial charge in [-0.2, -0.15) is 0 Å². The van der Waals surface area contributed by atoms with E-state index in [1.807, 2.05) is 0 Å². The molecule has 0 aliphatic carbocycles. The Bertz CT molecular complexity index is 520. The van der Waals surface area contributed by atoms with Gasteiger partial charge in [-0.1, -0.05) is 0 Å². The molecule has 1 N–H and O–H groups in total. The first-order chi connectivity index (χ1) is 10.6. The summed E-state index contributed by atoms with van der Waals surface area (Å²) in [5, 5.41) is 3.51. The predicted molar refractivity (Wildman–Crippen MR) is 99.9 cm³/mol. The molecule has 1 heterocycles. The highest BCUT2D eigenvalue weighted by Crippen LogP contribution is 2.32. The Kier molecular flexibility index (Phi) is 5.14. The quantitative estimate of drug-likeness (QED) is 0.916. The zero-order valence-corrected chi connectivity index (χ0v) is 15.9. The van der Waals surface area contributed by atoms with Gasteiger partial charge in [0.1, 0.15) is 5.75 Å². The first-order valence-electron chi connectivity index (χ1n) is 8.56. The first-order valence-corrected chi connectivity index (χ1v) is 8.56. The molecule has 2 rings (SSSR count). The molecule has 0 atom stereocenters. The normalized spacial score (nSPS) is 17.3.